The molecule has 1 aliphatic heterocycles. The van der Waals surface area contributed by atoms with E-state index in [4.69, 9.17) is 11.3 Å². The molecule has 0 bridgehead atoms. The smallest absolute Gasteiger partial charge is 0.410 e. The van der Waals surface area contributed by atoms with Gasteiger partial charge in [0.15, 0.2) is 0 Å². The predicted molar refractivity (Wildman–Crippen MR) is 106 cm³/mol. The number of piperazine rings is 1. The van der Waals surface area contributed by atoms with E-state index in [0.717, 1.165) is 5.56 Å². The van der Waals surface area contributed by atoms with Gasteiger partial charge >= 0.3 is 6.09 Å². The second-order valence-electron chi connectivity index (χ2n) is 6.57. The summed E-state index contributed by atoms with van der Waals surface area (Å²) in [5.41, 5.74) is 0.517. The zero-order valence-corrected chi connectivity index (χ0v) is 17.0. The van der Waals surface area contributed by atoms with Crippen LogP contribution in [0.15, 0.2) is 30.3 Å². The maximum Gasteiger partial charge on any atom is 0.410 e. The summed E-state index contributed by atoms with van der Waals surface area (Å²) in [6.07, 6.45) is -0.277. The van der Waals surface area contributed by atoms with Crippen molar-refractivity contribution in [3.63, 3.8) is 0 Å². The molecule has 1 saturated heterocycles. The highest BCUT2D eigenvalue weighted by molar-refractivity contribution is 5.68. The summed E-state index contributed by atoms with van der Waals surface area (Å²) >= 11 is 0. The molecule has 1 fully saturated rings. The fraction of sp³-hybridized carbons (Fsp3) is 0.550. The standard InChI is InChI=1S/C17H23N3O2.C2H6.CH2N2/c1-17(2,3)22-16(21)20-11-9-19(10-12-20)15(13-18)14-7-5-4-6-8-14;1-2;1-3-2/h4-8,15H,9-12H2,1-3H3;1-2H3;2H2. The van der Waals surface area contributed by atoms with E-state index < -0.39 is 5.60 Å². The van der Waals surface area contributed by atoms with E-state index in [1.54, 1.807) is 4.90 Å². The normalized spacial score (nSPS) is 14.9. The Labute approximate surface area is 163 Å². The predicted octanol–water partition coefficient (Wildman–Crippen LogP) is 3.61. The lowest BCUT2D eigenvalue weighted by Gasteiger charge is -2.37. The van der Waals surface area contributed by atoms with E-state index in [9.17, 15) is 10.1 Å². The van der Waals surface area contributed by atoms with Gasteiger partial charge < -0.3 is 9.64 Å². The molecule has 7 nitrogen and oxygen atoms in total. The molecular formula is C20H31N5O2. The number of benzene rings is 1. The van der Waals surface area contributed by atoms with Gasteiger partial charge in [0, 0.05) is 26.2 Å². The first-order valence-corrected chi connectivity index (χ1v) is 9.05. The molecule has 0 saturated carbocycles. The zero-order valence-electron chi connectivity index (χ0n) is 17.0. The van der Waals surface area contributed by atoms with E-state index in [1.807, 2.05) is 65.0 Å². The van der Waals surface area contributed by atoms with Gasteiger partial charge in [-0.1, -0.05) is 44.2 Å². The van der Waals surface area contributed by atoms with Gasteiger partial charge in [0.25, 0.3) is 0 Å². The fourth-order valence-corrected chi connectivity index (χ4v) is 2.49. The Hall–Kier alpha value is -2.77. The molecule has 1 aliphatic rings. The average molecular weight is 374 g/mol. The second-order valence-corrected chi connectivity index (χ2v) is 6.57. The van der Waals surface area contributed by atoms with Crippen LogP contribution in [0.3, 0.4) is 0 Å². The average Bonchev–Trinajstić information content (AvgIpc) is 2.65. The molecule has 1 atom stereocenters. The van der Waals surface area contributed by atoms with Crippen molar-refractivity contribution in [1.82, 2.24) is 9.80 Å². The Bertz CT molecular complexity index is 621. The van der Waals surface area contributed by atoms with E-state index in [0.29, 0.717) is 26.2 Å². The van der Waals surface area contributed by atoms with Crippen molar-refractivity contribution in [1.29, 1.82) is 5.26 Å². The maximum atomic E-state index is 12.0. The van der Waals surface area contributed by atoms with Crippen molar-refractivity contribution < 1.29 is 9.53 Å². The molecule has 1 aromatic rings. The van der Waals surface area contributed by atoms with Crippen molar-refractivity contribution in [3.8, 4) is 6.07 Å². The van der Waals surface area contributed by atoms with Crippen LogP contribution in [-0.2, 0) is 4.74 Å². The summed E-state index contributed by atoms with van der Waals surface area (Å²) < 4.78 is 5.39. The van der Waals surface area contributed by atoms with E-state index in [2.05, 4.69) is 21.8 Å². The molecule has 0 radical (unpaired) electrons. The largest absolute Gasteiger partial charge is 0.444 e. The number of nitrogens with zero attached hydrogens (tertiary/aromatic N) is 4. The monoisotopic (exact) mass is 373 g/mol. The summed E-state index contributed by atoms with van der Waals surface area (Å²) in [5.74, 6) is 4.14. The minimum absolute atomic E-state index is 0.262. The summed E-state index contributed by atoms with van der Waals surface area (Å²) in [4.78, 5) is 18.1. The highest BCUT2D eigenvalue weighted by atomic mass is 16.6. The number of nitrogens with two attached hydrogens (primary N) is 1. The highest BCUT2D eigenvalue weighted by Gasteiger charge is 2.29. The highest BCUT2D eigenvalue weighted by Crippen LogP contribution is 2.22. The van der Waals surface area contributed by atoms with Gasteiger partial charge in [-0.25, -0.2) is 4.79 Å². The number of rotatable bonds is 2. The number of carbonyl (C=O) groups is 1. The van der Waals surface area contributed by atoms with Crippen LogP contribution >= 0.6 is 0 Å². The van der Waals surface area contributed by atoms with Gasteiger partial charge in [-0.05, 0) is 26.3 Å². The van der Waals surface area contributed by atoms with Crippen LogP contribution in [0.25, 0.3) is 4.95 Å². The van der Waals surface area contributed by atoms with Crippen LogP contribution in [-0.4, -0.2) is 47.7 Å². The molecule has 7 heteroatoms. The van der Waals surface area contributed by atoms with Crippen LogP contribution in [0.1, 0.15) is 46.2 Å². The van der Waals surface area contributed by atoms with E-state index >= 15 is 0 Å². The van der Waals surface area contributed by atoms with Crippen LogP contribution in [0.4, 0.5) is 4.79 Å². The van der Waals surface area contributed by atoms with Crippen LogP contribution in [0.2, 0.25) is 0 Å². The van der Waals surface area contributed by atoms with Gasteiger partial charge in [-0.3, -0.25) is 4.90 Å². The molecule has 1 unspecified atom stereocenters. The molecule has 148 valence electrons. The van der Waals surface area contributed by atoms with Crippen molar-refractivity contribution in [2.75, 3.05) is 26.2 Å². The molecule has 0 spiro atoms. The summed E-state index contributed by atoms with van der Waals surface area (Å²) in [5, 5.41) is 9.46. The second kappa shape index (κ2) is 12.6. The third-order valence-corrected chi connectivity index (χ3v) is 3.57. The Kier molecular flexibility index (Phi) is 11.3. The fourth-order valence-electron chi connectivity index (χ4n) is 2.49. The molecule has 0 aliphatic carbocycles. The first-order valence-electron chi connectivity index (χ1n) is 9.05. The lowest BCUT2D eigenvalue weighted by molar-refractivity contribution is 0.0125. The summed E-state index contributed by atoms with van der Waals surface area (Å²) in [7, 11) is 0. The molecular weight excluding hydrogens is 342 g/mol. The number of carbonyl (C=O) groups excluding carboxylic acids is 1. The van der Waals surface area contributed by atoms with Crippen molar-refractivity contribution in [2.45, 2.75) is 46.3 Å². The lowest BCUT2D eigenvalue weighted by atomic mass is 10.1. The summed E-state index contributed by atoms with van der Waals surface area (Å²) in [6, 6.07) is 11.9. The lowest BCUT2D eigenvalue weighted by Crippen LogP contribution is -2.50. The number of hydrogen-bond acceptors (Lipinski definition) is 5. The Morgan fingerprint density at radius 2 is 1.70 bits per heavy atom. The molecule has 1 amide bonds. The third kappa shape index (κ3) is 8.94. The minimum atomic E-state index is -0.479. The molecule has 27 heavy (non-hydrogen) atoms. The number of nitriles is 1. The number of ether oxygens (including phenoxy) is 1. The number of amides is 1. The van der Waals surface area contributed by atoms with E-state index in [-0.39, 0.29) is 12.1 Å². The van der Waals surface area contributed by atoms with Crippen molar-refractivity contribution in [3.05, 3.63) is 47.4 Å². The molecule has 1 aromatic carbocycles. The first-order chi connectivity index (χ1) is 12.8. The molecule has 2 rings (SSSR count). The van der Waals surface area contributed by atoms with E-state index in [1.165, 1.54) is 0 Å². The maximum absolute atomic E-state index is 12.0. The number of hydrogen-bond donors (Lipinski definition) is 1. The van der Waals surface area contributed by atoms with Gasteiger partial charge in [-0.2, -0.15) is 16.8 Å². The summed E-state index contributed by atoms with van der Waals surface area (Å²) in [6.45, 7) is 17.7. The molecule has 0 aromatic heterocycles. The van der Waals surface area contributed by atoms with Gasteiger partial charge in [0.2, 0.25) is 0 Å². The Morgan fingerprint density at radius 1 is 1.22 bits per heavy atom. The molecule has 1 heterocycles. The van der Waals surface area contributed by atoms with Crippen molar-refractivity contribution in [2.24, 2.45) is 5.84 Å². The first kappa shape index (κ1) is 24.2. The SMILES string of the molecule is CC.CC(C)(C)OC(=O)N1CCN(C(C#N)c2ccccc2)CC1.[C-]#[N+]N. The van der Waals surface area contributed by atoms with Crippen molar-refractivity contribution >= 4 is 6.09 Å². The van der Waals surface area contributed by atoms with Gasteiger partial charge in [-0.15, -0.1) is 5.84 Å². The Morgan fingerprint density at radius 3 is 2.11 bits per heavy atom. The van der Waals surface area contributed by atoms with Crippen LogP contribution in [0, 0.1) is 17.9 Å². The van der Waals surface area contributed by atoms with Crippen LogP contribution in [0.5, 0.6) is 0 Å². The Balaban J connectivity index is 0.00000123. The van der Waals surface area contributed by atoms with Gasteiger partial charge in [0.1, 0.15) is 11.6 Å². The minimum Gasteiger partial charge on any atom is -0.444 e. The quantitative estimate of drug-likeness (QED) is 0.486. The third-order valence-electron chi connectivity index (χ3n) is 3.57. The topological polar surface area (TPSA) is 87.0 Å². The molecule has 2 N–H and O–H groups in total. The zero-order chi connectivity index (χ0) is 20.9. The van der Waals surface area contributed by atoms with Gasteiger partial charge in [0.05, 0.1) is 6.07 Å². The van der Waals surface area contributed by atoms with Crippen LogP contribution < -0.4 is 5.84 Å².